The van der Waals surface area contributed by atoms with Gasteiger partial charge in [0.15, 0.2) is 5.78 Å². The molecule has 1 aromatic heterocycles. The first kappa shape index (κ1) is 14.7. The van der Waals surface area contributed by atoms with E-state index >= 15 is 0 Å². The Morgan fingerprint density at radius 1 is 1.19 bits per heavy atom. The van der Waals surface area contributed by atoms with E-state index in [2.05, 4.69) is 6.07 Å². The Bertz CT molecular complexity index is 728. The number of carbonyl (C=O) groups is 1. The number of carbonyl (C=O) groups excluding carboxylic acids is 1. The molecule has 1 aromatic carbocycles. The Balaban J connectivity index is 1.77. The maximum Gasteiger partial charge on any atom is 0.176 e. The number of fused-ring (bicyclic) bond motifs is 1. The van der Waals surface area contributed by atoms with E-state index in [4.69, 9.17) is 0 Å². The molecule has 2 aromatic rings. The molecule has 21 heavy (non-hydrogen) atoms. The van der Waals surface area contributed by atoms with Gasteiger partial charge in [0.1, 0.15) is 0 Å². The first-order valence-corrected chi connectivity index (χ1v) is 9.28. The normalized spacial score (nSPS) is 15.0. The molecule has 4 heteroatoms. The zero-order valence-corrected chi connectivity index (χ0v) is 13.9. The van der Waals surface area contributed by atoms with E-state index in [1.807, 2.05) is 32.0 Å². The fraction of sp³-hybridized carbons (Fsp3) is 0.353. The molecule has 0 aliphatic heterocycles. The Labute approximate surface area is 131 Å². The van der Waals surface area contributed by atoms with E-state index in [1.165, 1.54) is 17.5 Å². The Kier molecular flexibility index (Phi) is 4.09. The Hall–Kier alpha value is -1.26. The third-order valence-corrected chi connectivity index (χ3v) is 6.21. The third-order valence-electron chi connectivity index (χ3n) is 3.94. The van der Waals surface area contributed by atoms with Crippen molar-refractivity contribution < 1.29 is 9.00 Å². The molecule has 0 bridgehead atoms. The number of thiophene rings is 1. The quantitative estimate of drug-likeness (QED) is 0.803. The van der Waals surface area contributed by atoms with Crippen LogP contribution < -0.4 is 0 Å². The van der Waals surface area contributed by atoms with Crippen molar-refractivity contribution in [3.8, 4) is 0 Å². The molecule has 1 heterocycles. The minimum Gasteiger partial charge on any atom is -0.293 e. The minimum absolute atomic E-state index is 0.0179. The average Bonchev–Trinajstić information content (AvgIpc) is 3.03. The summed E-state index contributed by atoms with van der Waals surface area (Å²) in [5, 5.41) is 0. The summed E-state index contributed by atoms with van der Waals surface area (Å²) >= 11 is 1.62. The lowest BCUT2D eigenvalue weighted by Gasteiger charge is -2.05. The monoisotopic (exact) mass is 318 g/mol. The molecule has 0 radical (unpaired) electrons. The lowest BCUT2D eigenvalue weighted by Crippen LogP contribution is -2.11. The molecule has 3 rings (SSSR count). The van der Waals surface area contributed by atoms with Gasteiger partial charge in [0.2, 0.25) is 0 Å². The van der Waals surface area contributed by atoms with Crippen LogP contribution in [0.15, 0.2) is 29.2 Å². The van der Waals surface area contributed by atoms with Crippen molar-refractivity contribution in [2.24, 2.45) is 0 Å². The molecule has 0 saturated heterocycles. The minimum atomic E-state index is -1.25. The molecule has 0 fully saturated rings. The number of benzene rings is 1. The van der Waals surface area contributed by atoms with E-state index in [0.29, 0.717) is 0 Å². The van der Waals surface area contributed by atoms with Gasteiger partial charge in [-0.15, -0.1) is 11.3 Å². The van der Waals surface area contributed by atoms with Gasteiger partial charge < -0.3 is 0 Å². The number of Topliss-reactive ketones (excluding diaryl/α,β-unsaturated/α-hetero) is 1. The Morgan fingerprint density at radius 3 is 2.67 bits per heavy atom. The highest BCUT2D eigenvalue weighted by atomic mass is 32.2. The van der Waals surface area contributed by atoms with Crippen molar-refractivity contribution >= 4 is 27.9 Å². The molecule has 0 amide bonds. The van der Waals surface area contributed by atoms with Crippen LogP contribution in [0.3, 0.4) is 0 Å². The molecular weight excluding hydrogens is 300 g/mol. The van der Waals surface area contributed by atoms with Crippen molar-refractivity contribution in [1.82, 2.24) is 0 Å². The first-order valence-electron chi connectivity index (χ1n) is 7.15. The van der Waals surface area contributed by atoms with E-state index in [-0.39, 0.29) is 11.5 Å². The second-order valence-corrected chi connectivity index (χ2v) is 8.44. The van der Waals surface area contributed by atoms with Crippen molar-refractivity contribution in [3.05, 3.63) is 50.7 Å². The van der Waals surface area contributed by atoms with Gasteiger partial charge in [-0.05, 0) is 62.4 Å². The van der Waals surface area contributed by atoms with Crippen LogP contribution in [0.1, 0.15) is 37.7 Å². The van der Waals surface area contributed by atoms with Crippen molar-refractivity contribution in [3.63, 3.8) is 0 Å². The van der Waals surface area contributed by atoms with E-state index in [9.17, 15) is 9.00 Å². The fourth-order valence-corrected chi connectivity index (χ4v) is 4.87. The molecule has 1 aliphatic carbocycles. The van der Waals surface area contributed by atoms with Crippen LogP contribution in [0.5, 0.6) is 0 Å². The predicted molar refractivity (Wildman–Crippen MR) is 87.9 cm³/mol. The van der Waals surface area contributed by atoms with E-state index < -0.39 is 10.8 Å². The largest absolute Gasteiger partial charge is 0.293 e. The smallest absolute Gasteiger partial charge is 0.176 e. The van der Waals surface area contributed by atoms with Crippen LogP contribution in [0.4, 0.5) is 0 Å². The summed E-state index contributed by atoms with van der Waals surface area (Å²) in [7, 11) is -1.25. The zero-order valence-electron chi connectivity index (χ0n) is 12.3. The summed E-state index contributed by atoms with van der Waals surface area (Å²) in [5.74, 6) is 0.0613. The van der Waals surface area contributed by atoms with Gasteiger partial charge in [0.25, 0.3) is 0 Å². The third kappa shape index (κ3) is 3.01. The number of hydrogen-bond donors (Lipinski definition) is 0. The number of hydrogen-bond acceptors (Lipinski definition) is 3. The van der Waals surface area contributed by atoms with E-state index in [0.717, 1.165) is 33.1 Å². The van der Waals surface area contributed by atoms with Crippen LogP contribution in [0.2, 0.25) is 0 Å². The van der Waals surface area contributed by atoms with Crippen LogP contribution in [0.25, 0.3) is 0 Å². The first-order chi connectivity index (χ1) is 10.0. The highest BCUT2D eigenvalue weighted by Gasteiger charge is 2.18. The SMILES string of the molecule is Cc1cc(C(=O)CS(=O)c2ccc3c(c2)CCC3)c(C)s1. The van der Waals surface area contributed by atoms with Gasteiger partial charge in [0.05, 0.1) is 16.6 Å². The van der Waals surface area contributed by atoms with Gasteiger partial charge in [-0.1, -0.05) is 6.07 Å². The molecule has 0 N–H and O–H groups in total. The second-order valence-electron chi connectivity index (χ2n) is 5.52. The molecule has 1 atom stereocenters. The summed E-state index contributed by atoms with van der Waals surface area (Å²) in [6.45, 7) is 3.94. The van der Waals surface area contributed by atoms with Gasteiger partial charge in [0, 0.05) is 20.2 Å². The standard InChI is InChI=1S/C17H18O2S2/c1-11-8-16(12(2)20-11)17(18)10-21(19)15-7-6-13-4-3-5-14(13)9-15/h6-9H,3-5,10H2,1-2H3. The molecule has 110 valence electrons. The van der Waals surface area contributed by atoms with Crippen LogP contribution in [-0.4, -0.2) is 15.7 Å². The number of ketones is 1. The summed E-state index contributed by atoms with van der Waals surface area (Å²) in [6, 6.07) is 7.92. The fourth-order valence-electron chi connectivity index (χ4n) is 2.88. The summed E-state index contributed by atoms with van der Waals surface area (Å²) < 4.78 is 12.4. The maximum absolute atomic E-state index is 12.4. The summed E-state index contributed by atoms with van der Waals surface area (Å²) in [5.41, 5.74) is 3.40. The van der Waals surface area contributed by atoms with Crippen LogP contribution >= 0.6 is 11.3 Å². The highest BCUT2D eigenvalue weighted by molar-refractivity contribution is 7.85. The van der Waals surface area contributed by atoms with Crippen molar-refractivity contribution in [1.29, 1.82) is 0 Å². The summed E-state index contributed by atoms with van der Waals surface area (Å²) in [4.78, 5) is 15.2. The molecular formula is C17H18O2S2. The van der Waals surface area contributed by atoms with Gasteiger partial charge in [-0.3, -0.25) is 9.00 Å². The molecule has 1 unspecified atom stereocenters. The van der Waals surface area contributed by atoms with Gasteiger partial charge >= 0.3 is 0 Å². The van der Waals surface area contributed by atoms with E-state index in [1.54, 1.807) is 11.3 Å². The second kappa shape index (κ2) is 5.85. The van der Waals surface area contributed by atoms with Gasteiger partial charge in [-0.25, -0.2) is 0 Å². The van der Waals surface area contributed by atoms with Crippen molar-refractivity contribution in [2.45, 2.75) is 38.0 Å². The average molecular weight is 318 g/mol. The molecule has 0 spiro atoms. The number of rotatable bonds is 4. The highest BCUT2D eigenvalue weighted by Crippen LogP contribution is 2.25. The van der Waals surface area contributed by atoms with Crippen LogP contribution in [0, 0.1) is 13.8 Å². The lowest BCUT2D eigenvalue weighted by atomic mass is 10.1. The van der Waals surface area contributed by atoms with Crippen LogP contribution in [-0.2, 0) is 23.6 Å². The lowest BCUT2D eigenvalue weighted by molar-refractivity contribution is 0.102. The zero-order chi connectivity index (χ0) is 15.0. The molecule has 2 nitrogen and oxygen atoms in total. The van der Waals surface area contributed by atoms with Crippen molar-refractivity contribution in [2.75, 3.05) is 5.75 Å². The molecule has 0 saturated carbocycles. The Morgan fingerprint density at radius 2 is 1.95 bits per heavy atom. The topological polar surface area (TPSA) is 34.1 Å². The molecule has 1 aliphatic rings. The summed E-state index contributed by atoms with van der Waals surface area (Å²) in [6.07, 6.45) is 3.36. The van der Waals surface area contributed by atoms with Gasteiger partial charge in [-0.2, -0.15) is 0 Å². The predicted octanol–water partition coefficient (Wildman–Crippen LogP) is 3.84. The maximum atomic E-state index is 12.4. The number of aryl methyl sites for hydroxylation is 4.